The molecule has 20 heavy (non-hydrogen) atoms. The van der Waals surface area contributed by atoms with Gasteiger partial charge in [0.1, 0.15) is 17.9 Å². The van der Waals surface area contributed by atoms with Crippen LogP contribution in [-0.4, -0.2) is 23.7 Å². The minimum atomic E-state index is 0.467. The summed E-state index contributed by atoms with van der Waals surface area (Å²) in [4.78, 5) is 8.12. The summed E-state index contributed by atoms with van der Waals surface area (Å²) < 4.78 is 10.8. The first-order chi connectivity index (χ1) is 9.74. The monoisotopic (exact) mass is 273 g/mol. The van der Waals surface area contributed by atoms with Crippen molar-refractivity contribution in [1.29, 1.82) is 0 Å². The molecule has 0 spiro atoms. The van der Waals surface area contributed by atoms with Gasteiger partial charge in [0.05, 0.1) is 12.2 Å². The third kappa shape index (κ3) is 3.45. The van der Waals surface area contributed by atoms with Gasteiger partial charge in [-0.3, -0.25) is 0 Å². The van der Waals surface area contributed by atoms with Gasteiger partial charge in [-0.15, -0.1) is 0 Å². The SMILES string of the molecule is CCc1c(N)ncnc1Oc1ccc(CCOC)cc1. The molecule has 0 amide bonds. The third-order valence-electron chi connectivity index (χ3n) is 3.03. The van der Waals surface area contributed by atoms with Crippen LogP contribution in [0.25, 0.3) is 0 Å². The lowest BCUT2D eigenvalue weighted by Gasteiger charge is -2.10. The minimum absolute atomic E-state index is 0.467. The summed E-state index contributed by atoms with van der Waals surface area (Å²) in [7, 11) is 1.70. The van der Waals surface area contributed by atoms with E-state index in [9.17, 15) is 0 Å². The van der Waals surface area contributed by atoms with Gasteiger partial charge in [0.15, 0.2) is 0 Å². The Morgan fingerprint density at radius 1 is 1.15 bits per heavy atom. The van der Waals surface area contributed by atoms with Gasteiger partial charge < -0.3 is 15.2 Å². The van der Waals surface area contributed by atoms with E-state index < -0.39 is 0 Å². The number of benzene rings is 1. The zero-order valence-corrected chi connectivity index (χ0v) is 11.8. The van der Waals surface area contributed by atoms with Crippen molar-refractivity contribution in [1.82, 2.24) is 9.97 Å². The number of anilines is 1. The van der Waals surface area contributed by atoms with Crippen molar-refractivity contribution in [3.63, 3.8) is 0 Å². The number of nitrogens with zero attached hydrogens (tertiary/aromatic N) is 2. The Bertz CT molecular complexity index is 556. The molecule has 1 aromatic heterocycles. The third-order valence-corrected chi connectivity index (χ3v) is 3.03. The van der Waals surface area contributed by atoms with E-state index in [-0.39, 0.29) is 0 Å². The number of aromatic nitrogens is 2. The van der Waals surface area contributed by atoms with Crippen LogP contribution in [0.2, 0.25) is 0 Å². The van der Waals surface area contributed by atoms with Crippen LogP contribution >= 0.6 is 0 Å². The highest BCUT2D eigenvalue weighted by Crippen LogP contribution is 2.26. The average molecular weight is 273 g/mol. The molecule has 0 atom stereocenters. The van der Waals surface area contributed by atoms with E-state index in [4.69, 9.17) is 15.2 Å². The average Bonchev–Trinajstić information content (AvgIpc) is 2.47. The van der Waals surface area contributed by atoms with Crippen molar-refractivity contribution in [2.75, 3.05) is 19.5 Å². The van der Waals surface area contributed by atoms with Crippen LogP contribution < -0.4 is 10.5 Å². The highest BCUT2D eigenvalue weighted by Gasteiger charge is 2.09. The van der Waals surface area contributed by atoms with Gasteiger partial charge >= 0.3 is 0 Å². The van der Waals surface area contributed by atoms with Crippen LogP contribution in [0.15, 0.2) is 30.6 Å². The van der Waals surface area contributed by atoms with Crippen molar-refractivity contribution in [2.45, 2.75) is 19.8 Å². The maximum Gasteiger partial charge on any atom is 0.227 e. The van der Waals surface area contributed by atoms with E-state index in [1.54, 1.807) is 7.11 Å². The number of ether oxygens (including phenoxy) is 2. The summed E-state index contributed by atoms with van der Waals surface area (Å²) in [5, 5.41) is 0. The van der Waals surface area contributed by atoms with Gasteiger partial charge in [-0.2, -0.15) is 0 Å². The fraction of sp³-hybridized carbons (Fsp3) is 0.333. The smallest absolute Gasteiger partial charge is 0.227 e. The second kappa shape index (κ2) is 6.86. The molecule has 0 saturated carbocycles. The van der Waals surface area contributed by atoms with Crippen LogP contribution in [0.1, 0.15) is 18.1 Å². The van der Waals surface area contributed by atoms with Gasteiger partial charge in [-0.1, -0.05) is 19.1 Å². The van der Waals surface area contributed by atoms with Crippen LogP contribution in [-0.2, 0) is 17.6 Å². The van der Waals surface area contributed by atoms with Crippen LogP contribution in [0.4, 0.5) is 5.82 Å². The fourth-order valence-electron chi connectivity index (χ4n) is 1.88. The Hall–Kier alpha value is -2.14. The van der Waals surface area contributed by atoms with Gasteiger partial charge in [0.25, 0.3) is 0 Å². The second-order valence-electron chi connectivity index (χ2n) is 4.38. The molecule has 2 N–H and O–H groups in total. The van der Waals surface area contributed by atoms with Gasteiger partial charge in [0, 0.05) is 7.11 Å². The van der Waals surface area contributed by atoms with E-state index in [0.717, 1.165) is 24.2 Å². The molecule has 0 radical (unpaired) electrons. The number of nitrogen functional groups attached to an aromatic ring is 1. The summed E-state index contributed by atoms with van der Waals surface area (Å²) in [6.07, 6.45) is 3.03. The summed E-state index contributed by atoms with van der Waals surface area (Å²) in [6.45, 7) is 2.71. The van der Waals surface area contributed by atoms with Crippen LogP contribution in [0.3, 0.4) is 0 Å². The standard InChI is InChI=1S/C15H19N3O2/c1-3-13-14(16)17-10-18-15(13)20-12-6-4-11(5-7-12)8-9-19-2/h4-7,10H,3,8-9H2,1-2H3,(H2,16,17,18). The summed E-state index contributed by atoms with van der Waals surface area (Å²) >= 11 is 0. The molecule has 1 aromatic carbocycles. The molecule has 0 aliphatic carbocycles. The normalized spacial score (nSPS) is 10.5. The molecule has 0 fully saturated rings. The molecule has 0 saturated heterocycles. The van der Waals surface area contributed by atoms with Crippen LogP contribution in [0.5, 0.6) is 11.6 Å². The molecule has 2 rings (SSSR count). The quantitative estimate of drug-likeness (QED) is 0.876. The Kier molecular flexibility index (Phi) is 4.90. The molecule has 5 heteroatoms. The molecule has 0 bridgehead atoms. The highest BCUT2D eigenvalue weighted by atomic mass is 16.5. The Balaban J connectivity index is 2.12. The molecule has 0 unspecified atom stereocenters. The number of rotatable bonds is 6. The number of hydrogen-bond acceptors (Lipinski definition) is 5. The molecule has 0 aliphatic heterocycles. The van der Waals surface area contributed by atoms with E-state index in [1.165, 1.54) is 11.9 Å². The maximum absolute atomic E-state index is 5.82. The minimum Gasteiger partial charge on any atom is -0.439 e. The van der Waals surface area contributed by atoms with Crippen molar-refractivity contribution >= 4 is 5.82 Å². The summed E-state index contributed by atoms with van der Waals surface area (Å²) in [5.41, 5.74) is 7.85. The van der Waals surface area contributed by atoms with E-state index in [0.29, 0.717) is 18.3 Å². The first kappa shape index (κ1) is 14.3. The van der Waals surface area contributed by atoms with Crippen molar-refractivity contribution in [3.8, 4) is 11.6 Å². The molecule has 0 aliphatic rings. The number of methoxy groups -OCH3 is 1. The van der Waals surface area contributed by atoms with Crippen molar-refractivity contribution < 1.29 is 9.47 Å². The van der Waals surface area contributed by atoms with Gasteiger partial charge in [0.2, 0.25) is 5.88 Å². The largest absolute Gasteiger partial charge is 0.439 e. The predicted octanol–water partition coefficient (Wildman–Crippen LogP) is 2.60. The summed E-state index contributed by atoms with van der Waals surface area (Å²) in [5.74, 6) is 1.72. The lowest BCUT2D eigenvalue weighted by Crippen LogP contribution is -2.01. The van der Waals surface area contributed by atoms with Gasteiger partial charge in [-0.25, -0.2) is 9.97 Å². The molecule has 2 aromatic rings. The maximum atomic E-state index is 5.82. The Labute approximate surface area is 118 Å². The first-order valence-corrected chi connectivity index (χ1v) is 6.59. The zero-order valence-electron chi connectivity index (χ0n) is 11.8. The van der Waals surface area contributed by atoms with Crippen molar-refractivity contribution in [3.05, 3.63) is 41.7 Å². The second-order valence-corrected chi connectivity index (χ2v) is 4.38. The Morgan fingerprint density at radius 3 is 2.55 bits per heavy atom. The number of nitrogens with two attached hydrogens (primary N) is 1. The molecule has 1 heterocycles. The van der Waals surface area contributed by atoms with E-state index in [2.05, 4.69) is 9.97 Å². The van der Waals surface area contributed by atoms with Gasteiger partial charge in [-0.05, 0) is 30.5 Å². The van der Waals surface area contributed by atoms with E-state index >= 15 is 0 Å². The highest BCUT2D eigenvalue weighted by molar-refractivity contribution is 5.46. The zero-order chi connectivity index (χ0) is 14.4. The fourth-order valence-corrected chi connectivity index (χ4v) is 1.88. The first-order valence-electron chi connectivity index (χ1n) is 6.59. The topological polar surface area (TPSA) is 70.3 Å². The van der Waals surface area contributed by atoms with E-state index in [1.807, 2.05) is 31.2 Å². The lowest BCUT2D eigenvalue weighted by atomic mass is 10.1. The van der Waals surface area contributed by atoms with Crippen molar-refractivity contribution in [2.24, 2.45) is 0 Å². The molecular weight excluding hydrogens is 254 g/mol. The number of hydrogen-bond donors (Lipinski definition) is 1. The molecular formula is C15H19N3O2. The Morgan fingerprint density at radius 2 is 1.90 bits per heavy atom. The summed E-state index contributed by atoms with van der Waals surface area (Å²) in [6, 6.07) is 7.88. The predicted molar refractivity (Wildman–Crippen MR) is 77.9 cm³/mol. The molecule has 106 valence electrons. The molecule has 5 nitrogen and oxygen atoms in total. The lowest BCUT2D eigenvalue weighted by molar-refractivity contribution is 0.202. The van der Waals surface area contributed by atoms with Crippen LogP contribution in [0, 0.1) is 0 Å².